The Morgan fingerprint density at radius 1 is 1.11 bits per heavy atom. The highest BCUT2D eigenvalue weighted by Gasteiger charge is 2.12. The van der Waals surface area contributed by atoms with Crippen LogP contribution >= 0.6 is 11.3 Å². The molecule has 0 atom stereocenters. The lowest BCUT2D eigenvalue weighted by atomic mass is 10.1. The molecule has 28 heavy (non-hydrogen) atoms. The zero-order valence-electron chi connectivity index (χ0n) is 15.1. The number of carbonyl (C=O) groups is 1. The van der Waals surface area contributed by atoms with E-state index >= 15 is 0 Å². The van der Waals surface area contributed by atoms with Crippen LogP contribution in [0.25, 0.3) is 27.1 Å². The fourth-order valence-corrected chi connectivity index (χ4v) is 3.90. The summed E-state index contributed by atoms with van der Waals surface area (Å²) >= 11 is 1.53. The van der Waals surface area contributed by atoms with E-state index < -0.39 is 0 Å². The van der Waals surface area contributed by atoms with E-state index in [0.29, 0.717) is 5.56 Å². The minimum Gasteiger partial charge on any atom is -0.322 e. The van der Waals surface area contributed by atoms with Crippen LogP contribution in [0.4, 0.5) is 5.69 Å². The number of hydrogen-bond acceptors (Lipinski definition) is 4. The second-order valence-corrected chi connectivity index (χ2v) is 7.50. The number of imidazole rings is 1. The highest BCUT2D eigenvalue weighted by Crippen LogP contribution is 2.26. The molecule has 0 radical (unpaired) electrons. The quantitative estimate of drug-likeness (QED) is 0.467. The van der Waals surface area contributed by atoms with Crippen LogP contribution in [-0.4, -0.2) is 20.3 Å². The Kier molecular flexibility index (Phi) is 3.91. The molecule has 1 N–H and O–H groups in total. The van der Waals surface area contributed by atoms with Crippen molar-refractivity contribution in [2.75, 3.05) is 5.32 Å². The van der Waals surface area contributed by atoms with E-state index in [9.17, 15) is 4.79 Å². The van der Waals surface area contributed by atoms with Crippen molar-refractivity contribution >= 4 is 38.8 Å². The van der Waals surface area contributed by atoms with Crippen molar-refractivity contribution in [1.29, 1.82) is 0 Å². The number of carbonyl (C=O) groups excluding carboxylic acids is 1. The van der Waals surface area contributed by atoms with E-state index in [1.165, 1.54) is 11.3 Å². The molecular weight excluding hydrogens is 368 g/mol. The molecule has 0 aliphatic rings. The molecule has 6 heteroatoms. The van der Waals surface area contributed by atoms with Gasteiger partial charge in [0.2, 0.25) is 0 Å². The van der Waals surface area contributed by atoms with Gasteiger partial charge in [-0.25, -0.2) is 9.97 Å². The maximum absolute atomic E-state index is 12.8. The molecule has 136 valence electrons. The Morgan fingerprint density at radius 3 is 2.93 bits per heavy atom. The number of anilines is 1. The summed E-state index contributed by atoms with van der Waals surface area (Å²) in [4.78, 5) is 21.7. The van der Waals surface area contributed by atoms with Crippen LogP contribution < -0.4 is 5.32 Å². The van der Waals surface area contributed by atoms with Crippen LogP contribution in [0.5, 0.6) is 0 Å². The lowest BCUT2D eigenvalue weighted by molar-refractivity contribution is 0.102. The molecule has 2 aromatic carbocycles. The van der Waals surface area contributed by atoms with E-state index in [2.05, 4.69) is 15.3 Å². The lowest BCUT2D eigenvalue weighted by Crippen LogP contribution is -2.12. The zero-order valence-corrected chi connectivity index (χ0v) is 15.9. The third-order valence-corrected chi connectivity index (χ3v) is 5.53. The lowest BCUT2D eigenvalue weighted by Gasteiger charge is -2.10. The molecule has 3 heterocycles. The van der Waals surface area contributed by atoms with Gasteiger partial charge in [-0.3, -0.25) is 4.79 Å². The van der Waals surface area contributed by atoms with E-state index in [4.69, 9.17) is 0 Å². The molecule has 1 amide bonds. The number of benzene rings is 2. The minimum atomic E-state index is -0.134. The Bertz CT molecular complexity index is 1300. The monoisotopic (exact) mass is 384 g/mol. The Hall–Kier alpha value is -3.51. The van der Waals surface area contributed by atoms with Crippen LogP contribution in [0, 0.1) is 6.92 Å². The number of nitrogens with one attached hydrogen (secondary N) is 1. The van der Waals surface area contributed by atoms with Gasteiger partial charge in [0.05, 0.1) is 21.4 Å². The normalized spacial score (nSPS) is 11.2. The van der Waals surface area contributed by atoms with Gasteiger partial charge in [-0.15, -0.1) is 11.3 Å². The highest BCUT2D eigenvalue weighted by atomic mass is 32.1. The van der Waals surface area contributed by atoms with Crippen molar-refractivity contribution in [3.63, 3.8) is 0 Å². The van der Waals surface area contributed by atoms with Gasteiger partial charge in [-0.2, -0.15) is 0 Å². The number of pyridine rings is 1. The van der Waals surface area contributed by atoms with Crippen LogP contribution in [0.1, 0.15) is 15.9 Å². The molecule has 3 aromatic heterocycles. The number of nitrogens with zero attached hydrogens (tertiary/aromatic N) is 3. The Balaban J connectivity index is 1.47. The third-order valence-electron chi connectivity index (χ3n) is 4.74. The second-order valence-electron chi connectivity index (χ2n) is 6.61. The molecule has 5 nitrogen and oxygen atoms in total. The van der Waals surface area contributed by atoms with Gasteiger partial charge in [0.1, 0.15) is 5.65 Å². The van der Waals surface area contributed by atoms with Crippen LogP contribution in [-0.2, 0) is 0 Å². The molecule has 0 aliphatic carbocycles. The molecule has 0 saturated carbocycles. The smallest absolute Gasteiger partial charge is 0.255 e. The molecule has 5 rings (SSSR count). The number of aromatic nitrogens is 3. The largest absolute Gasteiger partial charge is 0.322 e. The maximum atomic E-state index is 12.8. The van der Waals surface area contributed by atoms with Crippen molar-refractivity contribution in [3.8, 4) is 11.3 Å². The van der Waals surface area contributed by atoms with Gasteiger partial charge in [0.15, 0.2) is 0 Å². The van der Waals surface area contributed by atoms with Crippen molar-refractivity contribution in [1.82, 2.24) is 14.4 Å². The fraction of sp³-hybridized carbons (Fsp3) is 0.0455. The van der Waals surface area contributed by atoms with E-state index in [0.717, 1.165) is 38.4 Å². The zero-order chi connectivity index (χ0) is 19.1. The molecule has 0 aliphatic heterocycles. The minimum absolute atomic E-state index is 0.134. The van der Waals surface area contributed by atoms with Gasteiger partial charge in [0, 0.05) is 29.2 Å². The van der Waals surface area contributed by atoms with Gasteiger partial charge in [-0.05, 0) is 48.9 Å². The summed E-state index contributed by atoms with van der Waals surface area (Å²) < 4.78 is 2.99. The van der Waals surface area contributed by atoms with Crippen molar-refractivity contribution in [2.45, 2.75) is 6.92 Å². The topological polar surface area (TPSA) is 59.3 Å². The SMILES string of the molecule is Cc1ccc(-c2cn3ccccc3n2)cc1NC(=O)c1ccc2ncsc2c1. The Morgan fingerprint density at radius 2 is 2.04 bits per heavy atom. The van der Waals surface area contributed by atoms with E-state index in [1.807, 2.05) is 72.2 Å². The number of fused-ring (bicyclic) bond motifs is 2. The molecular formula is C22H16N4OS. The van der Waals surface area contributed by atoms with Gasteiger partial charge < -0.3 is 9.72 Å². The first kappa shape index (κ1) is 16.6. The average molecular weight is 384 g/mol. The highest BCUT2D eigenvalue weighted by molar-refractivity contribution is 7.16. The van der Waals surface area contributed by atoms with Crippen molar-refractivity contribution in [2.24, 2.45) is 0 Å². The maximum Gasteiger partial charge on any atom is 0.255 e. The first-order valence-electron chi connectivity index (χ1n) is 8.87. The summed E-state index contributed by atoms with van der Waals surface area (Å²) in [6.45, 7) is 1.98. The number of aryl methyl sites for hydroxylation is 1. The first-order valence-corrected chi connectivity index (χ1v) is 9.75. The molecule has 0 fully saturated rings. The van der Waals surface area contributed by atoms with Gasteiger partial charge in [0.25, 0.3) is 5.91 Å². The van der Waals surface area contributed by atoms with Gasteiger partial charge >= 0.3 is 0 Å². The number of thiazole rings is 1. The molecule has 5 aromatic rings. The summed E-state index contributed by atoms with van der Waals surface area (Å²) in [5.74, 6) is -0.134. The third kappa shape index (κ3) is 2.93. The van der Waals surface area contributed by atoms with E-state index in [-0.39, 0.29) is 5.91 Å². The Labute approximate surface area is 165 Å². The van der Waals surface area contributed by atoms with Crippen LogP contribution in [0.15, 0.2) is 72.5 Å². The first-order chi connectivity index (χ1) is 13.7. The standard InChI is InChI=1S/C22H16N4OS/c1-14-5-6-15(19-12-26-9-3-2-4-21(26)24-19)10-18(14)25-22(27)16-7-8-17-20(11-16)28-13-23-17/h2-13H,1H3,(H,25,27). The van der Waals surface area contributed by atoms with E-state index in [1.54, 1.807) is 11.6 Å². The summed E-state index contributed by atoms with van der Waals surface area (Å²) in [5, 5.41) is 3.04. The molecule has 0 spiro atoms. The number of rotatable bonds is 3. The molecule has 0 unspecified atom stereocenters. The van der Waals surface area contributed by atoms with Gasteiger partial charge in [-0.1, -0.05) is 18.2 Å². The number of amides is 1. The predicted molar refractivity (Wildman–Crippen MR) is 113 cm³/mol. The predicted octanol–water partition coefficient (Wildman–Crippen LogP) is 5.17. The summed E-state index contributed by atoms with van der Waals surface area (Å²) in [6.07, 6.45) is 3.96. The summed E-state index contributed by atoms with van der Waals surface area (Å²) in [6, 6.07) is 17.5. The molecule has 0 bridgehead atoms. The summed E-state index contributed by atoms with van der Waals surface area (Å²) in [5.41, 5.74) is 7.82. The fourth-order valence-electron chi connectivity index (χ4n) is 3.18. The second kappa shape index (κ2) is 6.58. The van der Waals surface area contributed by atoms with Crippen molar-refractivity contribution in [3.05, 3.63) is 83.6 Å². The van der Waals surface area contributed by atoms with Crippen LogP contribution in [0.3, 0.4) is 0 Å². The average Bonchev–Trinajstić information content (AvgIpc) is 3.35. The molecule has 0 saturated heterocycles. The number of hydrogen-bond donors (Lipinski definition) is 1. The summed E-state index contributed by atoms with van der Waals surface area (Å²) in [7, 11) is 0. The van der Waals surface area contributed by atoms with Crippen LogP contribution in [0.2, 0.25) is 0 Å². The van der Waals surface area contributed by atoms with Crippen molar-refractivity contribution < 1.29 is 4.79 Å².